The number of nitrogens with zero attached hydrogens (tertiary/aromatic N) is 2. The maximum absolute atomic E-state index is 11.0. The van der Waals surface area contributed by atoms with E-state index >= 15 is 0 Å². The molecule has 0 atom stereocenters. The van der Waals surface area contributed by atoms with Gasteiger partial charge in [0.15, 0.2) is 0 Å². The fourth-order valence-corrected chi connectivity index (χ4v) is 1.95. The molecule has 5 nitrogen and oxygen atoms in total. The zero-order chi connectivity index (χ0) is 10.6. The van der Waals surface area contributed by atoms with Crippen LogP contribution in [0.1, 0.15) is 5.69 Å². The van der Waals surface area contributed by atoms with Crippen LogP contribution in [-0.2, 0) is 23.5 Å². The molecular formula is C7H12BrN3O2S. The molecule has 1 N–H and O–H groups in total. The van der Waals surface area contributed by atoms with Crippen molar-refractivity contribution < 1.29 is 8.42 Å². The average molecular weight is 282 g/mol. The molecule has 0 amide bonds. The van der Waals surface area contributed by atoms with E-state index < -0.39 is 10.0 Å². The minimum Gasteiger partial charge on any atom is -0.276 e. The largest absolute Gasteiger partial charge is 0.276 e. The molecule has 0 spiro atoms. The van der Waals surface area contributed by atoms with E-state index in [9.17, 15) is 8.42 Å². The Morgan fingerprint density at radius 3 is 2.86 bits per heavy atom. The normalized spacial score (nSPS) is 11.9. The second kappa shape index (κ2) is 4.90. The Morgan fingerprint density at radius 2 is 2.36 bits per heavy atom. The molecule has 7 heteroatoms. The van der Waals surface area contributed by atoms with Gasteiger partial charge in [-0.2, -0.15) is 5.10 Å². The molecule has 0 bridgehead atoms. The summed E-state index contributed by atoms with van der Waals surface area (Å²) in [6, 6.07) is 1.86. The second-order valence-electron chi connectivity index (χ2n) is 2.85. The predicted molar refractivity (Wildman–Crippen MR) is 57.6 cm³/mol. The number of aryl methyl sites for hydroxylation is 1. The van der Waals surface area contributed by atoms with Gasteiger partial charge >= 0.3 is 0 Å². The van der Waals surface area contributed by atoms with Crippen LogP contribution in [0.2, 0.25) is 0 Å². The van der Waals surface area contributed by atoms with Gasteiger partial charge in [0, 0.05) is 26.2 Å². The first-order chi connectivity index (χ1) is 6.53. The lowest BCUT2D eigenvalue weighted by molar-refractivity contribution is 0.586. The van der Waals surface area contributed by atoms with Crippen molar-refractivity contribution >= 4 is 26.0 Å². The van der Waals surface area contributed by atoms with E-state index in [2.05, 4.69) is 25.8 Å². The van der Waals surface area contributed by atoms with Crippen LogP contribution in [0.25, 0.3) is 0 Å². The zero-order valence-electron chi connectivity index (χ0n) is 7.77. The third-order valence-electron chi connectivity index (χ3n) is 1.62. The van der Waals surface area contributed by atoms with E-state index in [1.807, 2.05) is 19.3 Å². The molecule has 1 rings (SSSR count). The van der Waals surface area contributed by atoms with E-state index in [4.69, 9.17) is 0 Å². The molecule has 0 aliphatic carbocycles. The van der Waals surface area contributed by atoms with Gasteiger partial charge in [-0.05, 0) is 6.07 Å². The van der Waals surface area contributed by atoms with Gasteiger partial charge in [0.1, 0.15) is 4.66 Å². The number of alkyl halides is 1. The molecule has 0 aliphatic heterocycles. The Bertz CT molecular complexity index is 387. The first kappa shape index (κ1) is 11.7. The van der Waals surface area contributed by atoms with Gasteiger partial charge in [-0.1, -0.05) is 15.9 Å². The molecule has 1 aromatic rings. The SMILES string of the molecule is Cn1ccc(CCNS(=O)(=O)CBr)n1. The smallest absolute Gasteiger partial charge is 0.221 e. The summed E-state index contributed by atoms with van der Waals surface area (Å²) in [6.07, 6.45) is 2.43. The van der Waals surface area contributed by atoms with Crippen molar-refractivity contribution in [3.63, 3.8) is 0 Å². The minimum absolute atomic E-state index is 0.0672. The number of rotatable bonds is 5. The monoisotopic (exact) mass is 281 g/mol. The fraction of sp³-hybridized carbons (Fsp3) is 0.571. The van der Waals surface area contributed by atoms with Crippen molar-refractivity contribution in [3.8, 4) is 0 Å². The maximum atomic E-state index is 11.0. The van der Waals surface area contributed by atoms with Crippen LogP contribution in [0.5, 0.6) is 0 Å². The summed E-state index contributed by atoms with van der Waals surface area (Å²) in [5.74, 6) is 0. The van der Waals surface area contributed by atoms with Crippen molar-refractivity contribution in [1.82, 2.24) is 14.5 Å². The van der Waals surface area contributed by atoms with Gasteiger partial charge in [0.05, 0.1) is 5.69 Å². The van der Waals surface area contributed by atoms with Crippen LogP contribution >= 0.6 is 15.9 Å². The molecule has 14 heavy (non-hydrogen) atoms. The summed E-state index contributed by atoms with van der Waals surface area (Å²) in [5, 5.41) is 4.13. The van der Waals surface area contributed by atoms with E-state index in [0.717, 1.165) is 5.69 Å². The Hall–Kier alpha value is -0.400. The molecule has 0 radical (unpaired) electrons. The number of hydrogen-bond donors (Lipinski definition) is 1. The molecule has 0 unspecified atom stereocenters. The fourth-order valence-electron chi connectivity index (χ4n) is 0.970. The van der Waals surface area contributed by atoms with Gasteiger partial charge in [0.2, 0.25) is 10.0 Å². The highest BCUT2D eigenvalue weighted by atomic mass is 79.9. The molecule has 0 saturated carbocycles. The number of sulfonamides is 1. The maximum Gasteiger partial charge on any atom is 0.221 e. The summed E-state index contributed by atoms with van der Waals surface area (Å²) >= 11 is 2.89. The molecule has 80 valence electrons. The average Bonchev–Trinajstić information content (AvgIpc) is 2.51. The van der Waals surface area contributed by atoms with Gasteiger partial charge in [-0.15, -0.1) is 0 Å². The Balaban J connectivity index is 2.36. The van der Waals surface area contributed by atoms with Crippen LogP contribution < -0.4 is 4.72 Å². The highest BCUT2D eigenvalue weighted by Gasteiger charge is 2.06. The topological polar surface area (TPSA) is 64.0 Å². The summed E-state index contributed by atoms with van der Waals surface area (Å²) < 4.78 is 26.1. The number of halogens is 1. The lowest BCUT2D eigenvalue weighted by Crippen LogP contribution is -2.26. The quantitative estimate of drug-likeness (QED) is 0.787. The Morgan fingerprint density at radius 1 is 1.64 bits per heavy atom. The van der Waals surface area contributed by atoms with Gasteiger partial charge in [-0.3, -0.25) is 4.68 Å². The number of nitrogens with one attached hydrogen (secondary N) is 1. The van der Waals surface area contributed by atoms with E-state index in [1.165, 1.54) is 0 Å². The first-order valence-corrected chi connectivity index (χ1v) is 6.83. The molecule has 1 heterocycles. The van der Waals surface area contributed by atoms with Crippen LogP contribution in [-0.4, -0.2) is 29.4 Å². The summed E-state index contributed by atoms with van der Waals surface area (Å²) in [6.45, 7) is 0.380. The van der Waals surface area contributed by atoms with Crippen LogP contribution in [0.3, 0.4) is 0 Å². The summed E-state index contributed by atoms with van der Waals surface area (Å²) in [7, 11) is -1.33. The molecule has 0 fully saturated rings. The lowest BCUT2D eigenvalue weighted by atomic mass is 10.3. The predicted octanol–water partition coefficient (Wildman–Crippen LogP) is 0.234. The van der Waals surface area contributed by atoms with E-state index in [-0.39, 0.29) is 4.66 Å². The first-order valence-electron chi connectivity index (χ1n) is 4.05. The van der Waals surface area contributed by atoms with Crippen molar-refractivity contribution in [2.24, 2.45) is 7.05 Å². The number of hydrogen-bond acceptors (Lipinski definition) is 3. The Labute approximate surface area is 91.7 Å². The highest BCUT2D eigenvalue weighted by molar-refractivity contribution is 9.10. The van der Waals surface area contributed by atoms with Crippen molar-refractivity contribution in [2.75, 3.05) is 11.2 Å². The summed E-state index contributed by atoms with van der Waals surface area (Å²) in [4.78, 5) is 0. The van der Waals surface area contributed by atoms with Crippen LogP contribution in [0.4, 0.5) is 0 Å². The number of aromatic nitrogens is 2. The molecule has 0 saturated heterocycles. The van der Waals surface area contributed by atoms with Gasteiger partial charge in [0.25, 0.3) is 0 Å². The van der Waals surface area contributed by atoms with Crippen molar-refractivity contribution in [3.05, 3.63) is 18.0 Å². The van der Waals surface area contributed by atoms with Crippen LogP contribution in [0.15, 0.2) is 12.3 Å². The van der Waals surface area contributed by atoms with Crippen LogP contribution in [0, 0.1) is 0 Å². The highest BCUT2D eigenvalue weighted by Crippen LogP contribution is 1.96. The standard InChI is InChI=1S/C7H12BrN3O2S/c1-11-5-3-7(10-11)2-4-9-14(12,13)6-8/h3,5,9H,2,4,6H2,1H3. The molecular weight excluding hydrogens is 270 g/mol. The van der Waals surface area contributed by atoms with E-state index in [0.29, 0.717) is 13.0 Å². The van der Waals surface area contributed by atoms with Gasteiger partial charge in [-0.25, -0.2) is 13.1 Å². The molecule has 1 aromatic heterocycles. The van der Waals surface area contributed by atoms with Crippen molar-refractivity contribution in [2.45, 2.75) is 6.42 Å². The second-order valence-corrected chi connectivity index (χ2v) is 5.96. The van der Waals surface area contributed by atoms with Gasteiger partial charge < -0.3 is 0 Å². The molecule has 0 aliphatic rings. The minimum atomic E-state index is -3.15. The third-order valence-corrected chi connectivity index (χ3v) is 4.36. The van der Waals surface area contributed by atoms with Crippen molar-refractivity contribution in [1.29, 1.82) is 0 Å². The molecule has 0 aromatic carbocycles. The zero-order valence-corrected chi connectivity index (χ0v) is 10.2. The Kier molecular flexibility index (Phi) is 4.09. The third kappa shape index (κ3) is 3.77. The lowest BCUT2D eigenvalue weighted by Gasteiger charge is -2.01. The van der Waals surface area contributed by atoms with E-state index in [1.54, 1.807) is 4.68 Å². The summed E-state index contributed by atoms with van der Waals surface area (Å²) in [5.41, 5.74) is 0.879.